The highest BCUT2D eigenvalue weighted by Crippen LogP contribution is 2.31. The molecule has 27 heavy (non-hydrogen) atoms. The summed E-state index contributed by atoms with van der Waals surface area (Å²) in [6.45, 7) is 5.76. The number of rotatable bonds is 3. The molecule has 0 spiro atoms. The molecule has 0 saturated heterocycles. The molecule has 136 valence electrons. The SMILES string of the molecule is Cc1ccc(-c2nsc(NC(=O)c3oc4cc(C)c(Cl)cc4c3C)n2)cc1. The van der Waals surface area contributed by atoms with Gasteiger partial charge in [0.25, 0.3) is 5.91 Å². The highest BCUT2D eigenvalue weighted by atomic mass is 35.5. The number of hydrogen-bond acceptors (Lipinski definition) is 5. The van der Waals surface area contributed by atoms with Crippen molar-refractivity contribution in [2.75, 3.05) is 5.32 Å². The summed E-state index contributed by atoms with van der Waals surface area (Å²) in [6.07, 6.45) is 0. The van der Waals surface area contributed by atoms with Crippen LogP contribution in [0.2, 0.25) is 5.02 Å². The van der Waals surface area contributed by atoms with E-state index in [2.05, 4.69) is 14.7 Å². The van der Waals surface area contributed by atoms with Crippen molar-refractivity contribution in [1.29, 1.82) is 0 Å². The molecule has 7 heteroatoms. The fourth-order valence-electron chi connectivity index (χ4n) is 2.81. The van der Waals surface area contributed by atoms with Crippen LogP contribution in [0, 0.1) is 20.8 Å². The minimum atomic E-state index is -0.357. The summed E-state index contributed by atoms with van der Waals surface area (Å²) in [6, 6.07) is 11.6. The van der Waals surface area contributed by atoms with Crippen molar-refractivity contribution < 1.29 is 9.21 Å². The fourth-order valence-corrected chi connectivity index (χ4v) is 3.55. The van der Waals surface area contributed by atoms with Gasteiger partial charge in [0.2, 0.25) is 5.13 Å². The summed E-state index contributed by atoms with van der Waals surface area (Å²) in [5.74, 6) is 0.474. The molecular weight excluding hydrogens is 382 g/mol. The number of aryl methyl sites for hydroxylation is 3. The molecule has 0 bridgehead atoms. The average Bonchev–Trinajstić information content (AvgIpc) is 3.22. The summed E-state index contributed by atoms with van der Waals surface area (Å²) in [4.78, 5) is 17.1. The van der Waals surface area contributed by atoms with Crippen molar-refractivity contribution in [2.45, 2.75) is 20.8 Å². The van der Waals surface area contributed by atoms with E-state index in [1.54, 1.807) is 0 Å². The summed E-state index contributed by atoms with van der Waals surface area (Å²) >= 11 is 7.32. The number of nitrogens with one attached hydrogen (secondary N) is 1. The largest absolute Gasteiger partial charge is 0.451 e. The molecule has 0 aliphatic heterocycles. The molecule has 0 unspecified atom stereocenters. The molecule has 5 nitrogen and oxygen atoms in total. The first-order valence-electron chi connectivity index (χ1n) is 8.33. The van der Waals surface area contributed by atoms with Gasteiger partial charge in [-0.1, -0.05) is 41.4 Å². The van der Waals surface area contributed by atoms with E-state index in [1.165, 1.54) is 5.56 Å². The van der Waals surface area contributed by atoms with Gasteiger partial charge in [-0.15, -0.1) is 0 Å². The first-order chi connectivity index (χ1) is 12.9. The molecule has 0 fully saturated rings. The Morgan fingerprint density at radius 2 is 1.89 bits per heavy atom. The highest BCUT2D eigenvalue weighted by Gasteiger charge is 2.20. The molecule has 0 aliphatic carbocycles. The van der Waals surface area contributed by atoms with E-state index in [0.29, 0.717) is 21.6 Å². The maximum absolute atomic E-state index is 12.7. The maximum atomic E-state index is 12.7. The Balaban J connectivity index is 1.60. The van der Waals surface area contributed by atoms with Crippen LogP contribution in [0.3, 0.4) is 0 Å². The lowest BCUT2D eigenvalue weighted by molar-refractivity contribution is 0.0998. The summed E-state index contributed by atoms with van der Waals surface area (Å²) < 4.78 is 10.1. The average molecular weight is 398 g/mol. The number of fused-ring (bicyclic) bond motifs is 1. The molecule has 0 radical (unpaired) electrons. The maximum Gasteiger partial charge on any atom is 0.293 e. The predicted molar refractivity (Wildman–Crippen MR) is 109 cm³/mol. The van der Waals surface area contributed by atoms with Gasteiger partial charge in [0.1, 0.15) is 5.58 Å². The van der Waals surface area contributed by atoms with Crippen LogP contribution in [0.15, 0.2) is 40.8 Å². The lowest BCUT2D eigenvalue weighted by Crippen LogP contribution is -2.11. The van der Waals surface area contributed by atoms with Crippen molar-refractivity contribution in [3.05, 3.63) is 63.9 Å². The zero-order chi connectivity index (χ0) is 19.1. The molecule has 1 N–H and O–H groups in total. The van der Waals surface area contributed by atoms with E-state index in [-0.39, 0.29) is 11.7 Å². The molecule has 2 aromatic carbocycles. The van der Waals surface area contributed by atoms with Gasteiger partial charge in [-0.25, -0.2) is 0 Å². The van der Waals surface area contributed by atoms with Gasteiger partial charge in [-0.2, -0.15) is 9.36 Å². The first kappa shape index (κ1) is 17.7. The van der Waals surface area contributed by atoms with Crippen LogP contribution in [0.5, 0.6) is 0 Å². The van der Waals surface area contributed by atoms with Crippen molar-refractivity contribution in [2.24, 2.45) is 0 Å². The smallest absolute Gasteiger partial charge is 0.293 e. The Kier molecular flexibility index (Phi) is 4.45. The van der Waals surface area contributed by atoms with Crippen molar-refractivity contribution in [1.82, 2.24) is 9.36 Å². The van der Waals surface area contributed by atoms with Crippen LogP contribution in [0.4, 0.5) is 5.13 Å². The van der Waals surface area contributed by atoms with Crippen LogP contribution < -0.4 is 5.32 Å². The lowest BCUT2D eigenvalue weighted by atomic mass is 10.1. The number of benzene rings is 2. The van der Waals surface area contributed by atoms with E-state index < -0.39 is 0 Å². The van der Waals surface area contributed by atoms with E-state index in [4.69, 9.17) is 16.0 Å². The molecule has 2 heterocycles. The van der Waals surface area contributed by atoms with Gasteiger partial charge in [-0.05, 0) is 38.5 Å². The Bertz CT molecular complexity index is 1160. The zero-order valence-electron chi connectivity index (χ0n) is 15.0. The lowest BCUT2D eigenvalue weighted by Gasteiger charge is -1.99. The normalized spacial score (nSPS) is 11.1. The Morgan fingerprint density at radius 1 is 1.15 bits per heavy atom. The molecular formula is C20H16ClN3O2S. The molecule has 2 aromatic heterocycles. The fraction of sp³-hybridized carbons (Fsp3) is 0.150. The van der Waals surface area contributed by atoms with E-state index in [0.717, 1.165) is 33.6 Å². The second-order valence-corrected chi connectivity index (χ2v) is 7.56. The predicted octanol–water partition coefficient (Wildman–Crippen LogP) is 5.78. The van der Waals surface area contributed by atoms with Gasteiger partial charge in [0.15, 0.2) is 11.6 Å². The van der Waals surface area contributed by atoms with Crippen LogP contribution in [0.1, 0.15) is 27.2 Å². The van der Waals surface area contributed by atoms with Gasteiger partial charge < -0.3 is 4.42 Å². The first-order valence-corrected chi connectivity index (χ1v) is 9.49. The Labute approximate surface area is 165 Å². The Hall–Kier alpha value is -2.70. The van der Waals surface area contributed by atoms with Gasteiger partial charge >= 0.3 is 0 Å². The van der Waals surface area contributed by atoms with Crippen LogP contribution >= 0.6 is 23.1 Å². The van der Waals surface area contributed by atoms with E-state index in [9.17, 15) is 4.79 Å². The van der Waals surface area contributed by atoms with Crippen molar-refractivity contribution in [3.8, 4) is 11.4 Å². The van der Waals surface area contributed by atoms with Gasteiger partial charge in [-0.3, -0.25) is 10.1 Å². The number of anilines is 1. The number of halogens is 1. The van der Waals surface area contributed by atoms with Crippen LogP contribution in [-0.2, 0) is 0 Å². The molecule has 4 aromatic rings. The standard InChI is InChI=1S/C20H16ClN3O2S/c1-10-4-6-13(7-5-10)18-22-20(27-24-18)23-19(25)17-12(3)14-9-15(21)11(2)8-16(14)26-17/h4-9H,1-3H3,(H,22,23,24,25). The summed E-state index contributed by atoms with van der Waals surface area (Å²) in [5.41, 5.74) is 4.35. The number of carbonyl (C=O) groups is 1. The zero-order valence-corrected chi connectivity index (χ0v) is 16.5. The van der Waals surface area contributed by atoms with E-state index in [1.807, 2.05) is 57.2 Å². The molecule has 0 atom stereocenters. The number of hydrogen-bond donors (Lipinski definition) is 1. The second kappa shape index (κ2) is 6.79. The van der Waals surface area contributed by atoms with Gasteiger partial charge in [0, 0.05) is 33.1 Å². The second-order valence-electron chi connectivity index (χ2n) is 6.40. The Morgan fingerprint density at radius 3 is 2.63 bits per heavy atom. The summed E-state index contributed by atoms with van der Waals surface area (Å²) in [7, 11) is 0. The number of nitrogens with zero attached hydrogens (tertiary/aromatic N) is 2. The van der Waals surface area contributed by atoms with Crippen molar-refractivity contribution >= 4 is 45.1 Å². The minimum absolute atomic E-state index is 0.249. The number of furan rings is 1. The highest BCUT2D eigenvalue weighted by molar-refractivity contribution is 7.10. The van der Waals surface area contributed by atoms with Crippen LogP contribution in [0.25, 0.3) is 22.4 Å². The van der Waals surface area contributed by atoms with Crippen molar-refractivity contribution in [3.63, 3.8) is 0 Å². The molecule has 0 aliphatic rings. The third-order valence-corrected chi connectivity index (χ3v) is 5.42. The third kappa shape index (κ3) is 3.34. The van der Waals surface area contributed by atoms with E-state index >= 15 is 0 Å². The topological polar surface area (TPSA) is 68.0 Å². The molecule has 1 amide bonds. The third-order valence-electron chi connectivity index (χ3n) is 4.38. The van der Waals surface area contributed by atoms with Gasteiger partial charge in [0.05, 0.1) is 0 Å². The molecule has 4 rings (SSSR count). The number of amides is 1. The number of aromatic nitrogens is 2. The number of carbonyl (C=O) groups excluding carboxylic acids is 1. The monoisotopic (exact) mass is 397 g/mol. The quantitative estimate of drug-likeness (QED) is 0.475. The van der Waals surface area contributed by atoms with Crippen LogP contribution in [-0.4, -0.2) is 15.3 Å². The minimum Gasteiger partial charge on any atom is -0.451 e. The molecule has 0 saturated carbocycles. The summed E-state index contributed by atoms with van der Waals surface area (Å²) in [5, 5.41) is 4.66.